The van der Waals surface area contributed by atoms with Gasteiger partial charge in [0.25, 0.3) is 0 Å². The number of halogens is 4. The van der Waals surface area contributed by atoms with Gasteiger partial charge in [0.2, 0.25) is 0 Å². The summed E-state index contributed by atoms with van der Waals surface area (Å²) in [4.78, 5) is 8.27. The quantitative estimate of drug-likeness (QED) is 0.722. The maximum absolute atomic E-state index is 13.0. The van der Waals surface area contributed by atoms with Crippen molar-refractivity contribution < 1.29 is 13.2 Å². The Hall–Kier alpha value is -2.34. The van der Waals surface area contributed by atoms with Crippen molar-refractivity contribution in [2.45, 2.75) is 12.6 Å². The number of rotatable bonds is 4. The van der Waals surface area contributed by atoms with Crippen LogP contribution in [0.15, 0.2) is 48.8 Å². The van der Waals surface area contributed by atoms with E-state index in [0.717, 1.165) is 6.07 Å². The molecule has 24 heavy (non-hydrogen) atoms. The van der Waals surface area contributed by atoms with Crippen molar-refractivity contribution in [3.8, 4) is 0 Å². The maximum Gasteiger partial charge on any atom is 0.416 e. The Bertz CT molecular complexity index is 860. The first kappa shape index (κ1) is 16.5. The predicted molar refractivity (Wildman–Crippen MR) is 88.2 cm³/mol. The number of aromatic nitrogens is 2. The van der Waals surface area contributed by atoms with Gasteiger partial charge < -0.3 is 5.32 Å². The lowest BCUT2D eigenvalue weighted by Crippen LogP contribution is -2.13. The van der Waals surface area contributed by atoms with E-state index in [1.807, 2.05) is 0 Å². The van der Waals surface area contributed by atoms with Crippen molar-refractivity contribution in [3.63, 3.8) is 0 Å². The van der Waals surface area contributed by atoms with E-state index in [9.17, 15) is 13.2 Å². The van der Waals surface area contributed by atoms with E-state index in [0.29, 0.717) is 28.3 Å². The highest BCUT2D eigenvalue weighted by Gasteiger charge is 2.32. The standard InChI is InChI=1S/C17H13ClF3N3/c18-13-6-3-7-14-15(13)16(24-10-23-14)22-9-8-11-4-1-2-5-12(11)17(19,20)21/h1-7,10H,8-9H2,(H,22,23,24). The van der Waals surface area contributed by atoms with E-state index < -0.39 is 11.7 Å². The summed E-state index contributed by atoms with van der Waals surface area (Å²) in [5.74, 6) is 0.509. The van der Waals surface area contributed by atoms with Gasteiger partial charge in [-0.3, -0.25) is 0 Å². The second-order valence-electron chi connectivity index (χ2n) is 5.19. The molecule has 1 N–H and O–H groups in total. The highest BCUT2D eigenvalue weighted by Crippen LogP contribution is 2.32. The van der Waals surface area contributed by atoms with Crippen LogP contribution in [0.3, 0.4) is 0 Å². The lowest BCUT2D eigenvalue weighted by Gasteiger charge is -2.13. The van der Waals surface area contributed by atoms with Gasteiger partial charge in [-0.2, -0.15) is 13.2 Å². The number of anilines is 1. The number of benzene rings is 2. The van der Waals surface area contributed by atoms with Gasteiger partial charge in [-0.1, -0.05) is 35.9 Å². The molecule has 0 bridgehead atoms. The van der Waals surface area contributed by atoms with Crippen LogP contribution in [0, 0.1) is 0 Å². The predicted octanol–water partition coefficient (Wildman–Crippen LogP) is 4.96. The molecule has 3 aromatic rings. The van der Waals surface area contributed by atoms with Crippen molar-refractivity contribution >= 4 is 28.3 Å². The largest absolute Gasteiger partial charge is 0.416 e. The third kappa shape index (κ3) is 3.43. The van der Waals surface area contributed by atoms with Gasteiger partial charge in [0.15, 0.2) is 0 Å². The number of hydrogen-bond acceptors (Lipinski definition) is 3. The molecule has 3 rings (SSSR count). The summed E-state index contributed by atoms with van der Waals surface area (Å²) in [5.41, 5.74) is 0.301. The minimum atomic E-state index is -4.36. The van der Waals surface area contributed by atoms with E-state index in [4.69, 9.17) is 11.6 Å². The van der Waals surface area contributed by atoms with Crippen LogP contribution in [0.4, 0.5) is 19.0 Å². The zero-order chi connectivity index (χ0) is 17.2. The summed E-state index contributed by atoms with van der Waals surface area (Å²) in [7, 11) is 0. The average molecular weight is 352 g/mol. The summed E-state index contributed by atoms with van der Waals surface area (Å²) in [6.07, 6.45) is -2.75. The molecule has 0 fully saturated rings. The highest BCUT2D eigenvalue weighted by atomic mass is 35.5. The van der Waals surface area contributed by atoms with E-state index in [1.54, 1.807) is 24.3 Å². The zero-order valence-electron chi connectivity index (χ0n) is 12.4. The molecule has 1 heterocycles. The molecule has 7 heteroatoms. The lowest BCUT2D eigenvalue weighted by atomic mass is 10.0. The average Bonchev–Trinajstić information content (AvgIpc) is 2.55. The first-order valence-corrected chi connectivity index (χ1v) is 7.63. The van der Waals surface area contributed by atoms with Crippen molar-refractivity contribution in [2.75, 3.05) is 11.9 Å². The van der Waals surface area contributed by atoms with Crippen molar-refractivity contribution in [2.24, 2.45) is 0 Å². The number of hydrogen-bond donors (Lipinski definition) is 1. The molecular weight excluding hydrogens is 339 g/mol. The fourth-order valence-electron chi connectivity index (χ4n) is 2.53. The molecule has 0 amide bonds. The van der Waals surface area contributed by atoms with Crippen molar-refractivity contribution in [1.29, 1.82) is 0 Å². The maximum atomic E-state index is 13.0. The highest BCUT2D eigenvalue weighted by molar-refractivity contribution is 6.36. The van der Waals surface area contributed by atoms with Crippen LogP contribution < -0.4 is 5.32 Å². The van der Waals surface area contributed by atoms with Gasteiger partial charge in [0, 0.05) is 6.54 Å². The Morgan fingerprint density at radius 2 is 1.79 bits per heavy atom. The molecule has 0 aliphatic heterocycles. The summed E-state index contributed by atoms with van der Waals surface area (Å²) < 4.78 is 39.0. The second-order valence-corrected chi connectivity index (χ2v) is 5.60. The van der Waals surface area contributed by atoms with Gasteiger partial charge >= 0.3 is 6.18 Å². The van der Waals surface area contributed by atoms with Crippen LogP contribution >= 0.6 is 11.6 Å². The van der Waals surface area contributed by atoms with Crippen LogP contribution in [-0.4, -0.2) is 16.5 Å². The Morgan fingerprint density at radius 1 is 1.00 bits per heavy atom. The number of alkyl halides is 3. The molecule has 3 nitrogen and oxygen atoms in total. The van der Waals surface area contributed by atoms with Gasteiger partial charge in [0.1, 0.15) is 12.1 Å². The first-order valence-electron chi connectivity index (χ1n) is 7.25. The molecule has 0 unspecified atom stereocenters. The van der Waals surface area contributed by atoms with Crippen LogP contribution in [0.1, 0.15) is 11.1 Å². The molecule has 0 aliphatic rings. The first-order chi connectivity index (χ1) is 11.5. The normalized spacial score (nSPS) is 11.7. The summed E-state index contributed by atoms with van der Waals surface area (Å²) in [6, 6.07) is 10.9. The van der Waals surface area contributed by atoms with Crippen LogP contribution in [0.5, 0.6) is 0 Å². The third-order valence-electron chi connectivity index (χ3n) is 3.62. The molecule has 0 spiro atoms. The minimum Gasteiger partial charge on any atom is -0.369 e. The Balaban J connectivity index is 1.79. The van der Waals surface area contributed by atoms with Gasteiger partial charge in [-0.15, -0.1) is 0 Å². The number of nitrogens with one attached hydrogen (secondary N) is 1. The molecule has 0 saturated carbocycles. The Kier molecular flexibility index (Phi) is 4.57. The number of fused-ring (bicyclic) bond motifs is 1. The summed E-state index contributed by atoms with van der Waals surface area (Å²) >= 11 is 6.17. The van der Waals surface area contributed by atoms with E-state index in [1.165, 1.54) is 18.5 Å². The summed E-state index contributed by atoms with van der Waals surface area (Å²) in [6.45, 7) is 0.296. The minimum absolute atomic E-state index is 0.214. The molecule has 0 aliphatic carbocycles. The third-order valence-corrected chi connectivity index (χ3v) is 3.94. The second kappa shape index (κ2) is 6.65. The number of nitrogens with zero attached hydrogens (tertiary/aromatic N) is 2. The Morgan fingerprint density at radius 3 is 2.58 bits per heavy atom. The molecule has 1 aromatic heterocycles. The lowest BCUT2D eigenvalue weighted by molar-refractivity contribution is -0.138. The monoisotopic (exact) mass is 351 g/mol. The van der Waals surface area contributed by atoms with Gasteiger partial charge in [0.05, 0.1) is 21.5 Å². The van der Waals surface area contributed by atoms with Crippen molar-refractivity contribution in [3.05, 3.63) is 64.9 Å². The fourth-order valence-corrected chi connectivity index (χ4v) is 2.79. The molecule has 0 saturated heterocycles. The van der Waals surface area contributed by atoms with Crippen LogP contribution in [-0.2, 0) is 12.6 Å². The van der Waals surface area contributed by atoms with Gasteiger partial charge in [-0.05, 0) is 30.2 Å². The molecule has 2 aromatic carbocycles. The van der Waals surface area contributed by atoms with E-state index >= 15 is 0 Å². The SMILES string of the molecule is FC(F)(F)c1ccccc1CCNc1ncnc2cccc(Cl)c12. The van der Waals surface area contributed by atoms with Crippen LogP contribution in [0.2, 0.25) is 5.02 Å². The molecular formula is C17H13ClF3N3. The van der Waals surface area contributed by atoms with E-state index in [2.05, 4.69) is 15.3 Å². The molecule has 124 valence electrons. The summed E-state index contributed by atoms with van der Waals surface area (Å²) in [5, 5.41) is 4.20. The Labute approximate surface area is 141 Å². The van der Waals surface area contributed by atoms with Crippen molar-refractivity contribution in [1.82, 2.24) is 9.97 Å². The fraction of sp³-hybridized carbons (Fsp3) is 0.176. The van der Waals surface area contributed by atoms with E-state index in [-0.39, 0.29) is 12.0 Å². The van der Waals surface area contributed by atoms with Crippen LogP contribution in [0.25, 0.3) is 10.9 Å². The zero-order valence-corrected chi connectivity index (χ0v) is 13.2. The smallest absolute Gasteiger partial charge is 0.369 e. The molecule has 0 radical (unpaired) electrons. The topological polar surface area (TPSA) is 37.8 Å². The molecule has 0 atom stereocenters. The van der Waals surface area contributed by atoms with Gasteiger partial charge in [-0.25, -0.2) is 9.97 Å².